The monoisotopic (exact) mass is 293 g/mol. The largest absolute Gasteiger partial charge is 2.00 e. The van der Waals surface area contributed by atoms with E-state index in [0.29, 0.717) is 0 Å². The summed E-state index contributed by atoms with van der Waals surface area (Å²) in [6.07, 6.45) is 0. The van der Waals surface area contributed by atoms with Gasteiger partial charge in [0.05, 0.1) is 0 Å². The van der Waals surface area contributed by atoms with Crippen molar-refractivity contribution < 1.29 is 25.9 Å². The average Bonchev–Trinajstić information content (AvgIpc) is 0.811. The number of carbonyl (C=O) groups excluding carboxylic acids is 1. The van der Waals surface area contributed by atoms with Gasteiger partial charge in [0.1, 0.15) is 0 Å². The van der Waals surface area contributed by atoms with E-state index in [-0.39, 0.29) is 21.1 Å². The minimum atomic E-state index is -0.889. The van der Waals surface area contributed by atoms with Gasteiger partial charge in [-0.2, -0.15) is 0 Å². The maximum absolute atomic E-state index is 8.98. The molecule has 0 aliphatic heterocycles. The van der Waals surface area contributed by atoms with Gasteiger partial charge in [-0.15, -0.1) is 0 Å². The molecule has 0 aromatic heterocycles. The molecule has 0 aromatic rings. The molecule has 0 atom stereocenters. The van der Waals surface area contributed by atoms with E-state index in [4.69, 9.17) is 4.79 Å². The van der Waals surface area contributed by atoms with Crippen molar-refractivity contribution >= 4 is 27.9 Å². The van der Waals surface area contributed by atoms with Crippen LogP contribution in [-0.4, -0.2) is 4.70 Å². The Morgan fingerprint density at radius 1 is 1.40 bits per heavy atom. The Morgan fingerprint density at radius 3 is 1.40 bits per heavy atom. The number of hydrogen-bond acceptors (Lipinski definition) is 1. The molecule has 4 heteroatoms. The summed E-state index contributed by atoms with van der Waals surface area (Å²) in [4.78, 5) is 8.98. The summed E-state index contributed by atoms with van der Waals surface area (Å²) in [6.45, 7) is 0. The number of rotatable bonds is 0. The van der Waals surface area contributed by atoms with Crippen LogP contribution in [0, 0.1) is 0 Å². The van der Waals surface area contributed by atoms with Crippen molar-refractivity contribution in [2.75, 3.05) is 0 Å². The summed E-state index contributed by atoms with van der Waals surface area (Å²) < 4.78 is -0.889. The minimum absolute atomic E-state index is 0. The first-order valence-corrected chi connectivity index (χ1v) is 1.34. The van der Waals surface area contributed by atoms with Crippen molar-refractivity contribution in [3.63, 3.8) is 0 Å². The molecule has 0 rings (SSSR count). The van der Waals surface area contributed by atoms with Gasteiger partial charge in [-0.3, -0.25) is 4.79 Å². The van der Waals surface area contributed by atoms with Crippen LogP contribution < -0.4 is 0 Å². The van der Waals surface area contributed by atoms with Crippen molar-refractivity contribution in [1.29, 1.82) is 0 Å². The van der Waals surface area contributed by atoms with Gasteiger partial charge in [0.2, 0.25) is 0 Å². The second-order valence-corrected chi connectivity index (χ2v) is 1.11. The van der Waals surface area contributed by atoms with Crippen LogP contribution in [0.1, 0.15) is 0 Å². The molecule has 0 amide bonds. The summed E-state index contributed by atoms with van der Waals surface area (Å²) in [6, 6.07) is 0. The zero-order valence-electron chi connectivity index (χ0n) is 1.98. The number of carbonyl (C=O) groups is 1. The maximum atomic E-state index is 8.98. The molecule has 32 valence electrons. The fourth-order valence-corrected chi connectivity index (χ4v) is 0. The Labute approximate surface area is 53.9 Å². The Balaban J connectivity index is 0. The van der Waals surface area contributed by atoms with Gasteiger partial charge in [0, 0.05) is 0 Å². The van der Waals surface area contributed by atoms with Crippen molar-refractivity contribution in [3.05, 3.63) is 0 Å². The first-order chi connectivity index (χ1) is 1.73. The molecule has 0 aliphatic rings. The summed E-state index contributed by atoms with van der Waals surface area (Å²) in [5.41, 5.74) is 0. The van der Waals surface area contributed by atoms with E-state index in [1.165, 1.54) is 0 Å². The molecule has 0 spiro atoms. The topological polar surface area (TPSA) is 17.1 Å². The zero-order valence-corrected chi connectivity index (χ0v) is 5.76. The Bertz CT molecular complexity index is 32.6. The molecule has 0 bridgehead atoms. The molecular formula is CCl2OPt+2. The average molecular weight is 294 g/mol. The summed E-state index contributed by atoms with van der Waals surface area (Å²) in [5, 5.41) is 0. The van der Waals surface area contributed by atoms with Crippen LogP contribution in [-0.2, 0) is 21.1 Å². The normalized spacial score (nSPS) is 5.20. The van der Waals surface area contributed by atoms with E-state index >= 15 is 0 Å². The third kappa shape index (κ3) is 48.4. The Morgan fingerprint density at radius 2 is 1.40 bits per heavy atom. The van der Waals surface area contributed by atoms with Crippen molar-refractivity contribution in [3.8, 4) is 0 Å². The molecule has 0 heterocycles. The van der Waals surface area contributed by atoms with Gasteiger partial charge < -0.3 is 0 Å². The molecule has 0 saturated heterocycles. The summed E-state index contributed by atoms with van der Waals surface area (Å²) in [5.74, 6) is 0. The SMILES string of the molecule is O=C(Cl)Cl.[Pt+2]. The van der Waals surface area contributed by atoms with E-state index in [1.54, 1.807) is 0 Å². The number of halogens is 2. The van der Waals surface area contributed by atoms with Crippen molar-refractivity contribution in [2.45, 2.75) is 0 Å². The third-order valence-electron chi connectivity index (χ3n) is 0. The Hall–Kier alpha value is 0.938. The zero-order chi connectivity index (χ0) is 3.58. The molecule has 0 fully saturated rings. The molecule has 0 aliphatic carbocycles. The minimum Gasteiger partial charge on any atom is -0.262 e. The van der Waals surface area contributed by atoms with Gasteiger partial charge in [0.15, 0.2) is 0 Å². The van der Waals surface area contributed by atoms with Crippen LogP contribution in [0.4, 0.5) is 4.79 Å². The smallest absolute Gasteiger partial charge is 0.262 e. The van der Waals surface area contributed by atoms with Crippen LogP contribution in [0.15, 0.2) is 0 Å². The van der Waals surface area contributed by atoms with Gasteiger partial charge >= 0.3 is 25.8 Å². The molecule has 1 nitrogen and oxygen atoms in total. The first kappa shape index (κ1) is 9.34. The summed E-state index contributed by atoms with van der Waals surface area (Å²) in [7, 11) is 0. The summed E-state index contributed by atoms with van der Waals surface area (Å²) >= 11 is 8.80. The second kappa shape index (κ2) is 4.94. The quantitative estimate of drug-likeness (QED) is 0.620. The van der Waals surface area contributed by atoms with E-state index in [0.717, 1.165) is 0 Å². The molecule has 0 saturated carbocycles. The fraction of sp³-hybridized carbons (Fsp3) is 0. The third-order valence-corrected chi connectivity index (χ3v) is 0. The molecule has 5 heavy (non-hydrogen) atoms. The van der Waals surface area contributed by atoms with E-state index in [9.17, 15) is 0 Å². The molecule has 0 unspecified atom stereocenters. The van der Waals surface area contributed by atoms with E-state index in [2.05, 4.69) is 23.2 Å². The van der Waals surface area contributed by atoms with Crippen LogP contribution in [0.2, 0.25) is 0 Å². The molecule has 0 N–H and O–H groups in total. The van der Waals surface area contributed by atoms with Crippen molar-refractivity contribution in [2.24, 2.45) is 0 Å². The molecular weight excluding hydrogens is 294 g/mol. The van der Waals surface area contributed by atoms with Gasteiger partial charge in [-0.05, 0) is 23.2 Å². The number of hydrogen-bond donors (Lipinski definition) is 0. The predicted octanol–water partition coefficient (Wildman–Crippen LogP) is 1.58. The van der Waals surface area contributed by atoms with Crippen LogP contribution in [0.3, 0.4) is 0 Å². The van der Waals surface area contributed by atoms with Gasteiger partial charge in [-0.1, -0.05) is 0 Å². The maximum Gasteiger partial charge on any atom is 2.00 e. The molecule has 0 radical (unpaired) electrons. The Kier molecular flexibility index (Phi) is 9.22. The standard InChI is InChI=1S/CCl2O.Pt/c2-1(3)4;/q;+2. The van der Waals surface area contributed by atoms with Crippen LogP contribution in [0.25, 0.3) is 0 Å². The van der Waals surface area contributed by atoms with Crippen molar-refractivity contribution in [1.82, 2.24) is 0 Å². The molecule has 0 aromatic carbocycles. The van der Waals surface area contributed by atoms with Crippen LogP contribution in [0.5, 0.6) is 0 Å². The first-order valence-electron chi connectivity index (χ1n) is 0.582. The second-order valence-electron chi connectivity index (χ2n) is 0.226. The van der Waals surface area contributed by atoms with Gasteiger partial charge in [-0.25, -0.2) is 0 Å². The van der Waals surface area contributed by atoms with Gasteiger partial charge in [0.25, 0.3) is 0 Å². The van der Waals surface area contributed by atoms with E-state index in [1.807, 2.05) is 0 Å². The van der Waals surface area contributed by atoms with Crippen LogP contribution >= 0.6 is 23.2 Å². The fourth-order valence-electron chi connectivity index (χ4n) is 0. The van der Waals surface area contributed by atoms with E-state index < -0.39 is 4.70 Å². The predicted molar refractivity (Wildman–Crippen MR) is 17.1 cm³/mol.